The summed E-state index contributed by atoms with van der Waals surface area (Å²) in [7, 11) is 0. The maximum absolute atomic E-state index is 13.4. The largest absolute Gasteiger partial charge is 0.310 e. The number of nitrogens with zero attached hydrogens (tertiary/aromatic N) is 1. The molecule has 2 aliphatic rings. The molecule has 8 rings (SSSR count). The first-order chi connectivity index (χ1) is 20.4. The van der Waals surface area contributed by atoms with Gasteiger partial charge in [-0.15, -0.1) is 0 Å². The highest BCUT2D eigenvalue weighted by Gasteiger charge is 2.38. The summed E-state index contributed by atoms with van der Waals surface area (Å²) in [5.41, 5.74) is 7.79. The third kappa shape index (κ3) is 3.47. The number of ketones is 2. The van der Waals surface area contributed by atoms with Crippen molar-refractivity contribution < 1.29 is 9.59 Å². The Hall–Kier alpha value is -5.28. The van der Waals surface area contributed by atoms with Crippen molar-refractivity contribution >= 4 is 56.2 Å². The number of rotatable bonds is 2. The van der Waals surface area contributed by atoms with E-state index in [1.165, 1.54) is 16.8 Å². The average molecular weight is 542 g/mol. The van der Waals surface area contributed by atoms with Crippen LogP contribution in [0.1, 0.15) is 51.3 Å². The fourth-order valence-electron chi connectivity index (χ4n) is 6.89. The summed E-state index contributed by atoms with van der Waals surface area (Å²) in [5, 5.41) is 4.16. The molecule has 6 aromatic carbocycles. The minimum atomic E-state index is -0.238. The topological polar surface area (TPSA) is 37.4 Å². The van der Waals surface area contributed by atoms with Crippen molar-refractivity contribution in [2.24, 2.45) is 0 Å². The second kappa shape index (κ2) is 8.86. The molecule has 0 spiro atoms. The highest BCUT2D eigenvalue weighted by atomic mass is 16.2. The first kappa shape index (κ1) is 24.5. The first-order valence-corrected chi connectivity index (χ1v) is 14.3. The van der Waals surface area contributed by atoms with Crippen LogP contribution in [0.5, 0.6) is 0 Å². The minimum Gasteiger partial charge on any atom is -0.310 e. The van der Waals surface area contributed by atoms with Crippen LogP contribution in [0, 0.1) is 0 Å². The normalized spacial score (nSPS) is 15.1. The number of hydrogen-bond acceptors (Lipinski definition) is 3. The number of carbonyl (C=O) groups is 2. The third-order valence-corrected chi connectivity index (χ3v) is 8.90. The van der Waals surface area contributed by atoms with Crippen LogP contribution in [0.25, 0.3) is 27.6 Å². The van der Waals surface area contributed by atoms with Crippen LogP contribution in [0.2, 0.25) is 0 Å². The molecule has 0 aromatic heterocycles. The number of carbonyl (C=O) groups excluding carboxylic acids is 2. The van der Waals surface area contributed by atoms with Crippen LogP contribution in [-0.2, 0) is 5.41 Å². The Morgan fingerprint density at radius 3 is 1.95 bits per heavy atom. The van der Waals surface area contributed by atoms with Gasteiger partial charge in [-0.3, -0.25) is 9.59 Å². The van der Waals surface area contributed by atoms with Crippen LogP contribution < -0.4 is 4.90 Å². The Morgan fingerprint density at radius 1 is 0.595 bits per heavy atom. The van der Waals surface area contributed by atoms with Gasteiger partial charge in [0, 0.05) is 22.2 Å². The van der Waals surface area contributed by atoms with Crippen LogP contribution in [0.15, 0.2) is 127 Å². The Morgan fingerprint density at radius 2 is 1.24 bits per heavy atom. The Balaban J connectivity index is 1.27. The van der Waals surface area contributed by atoms with Crippen molar-refractivity contribution in [2.45, 2.75) is 19.3 Å². The smallest absolute Gasteiger partial charge is 0.197 e. The van der Waals surface area contributed by atoms with Crippen molar-refractivity contribution in [3.63, 3.8) is 0 Å². The van der Waals surface area contributed by atoms with Gasteiger partial charge in [0.1, 0.15) is 0 Å². The quantitative estimate of drug-likeness (QED) is 0.162. The van der Waals surface area contributed by atoms with Crippen molar-refractivity contribution in [2.75, 3.05) is 4.90 Å². The highest BCUT2D eigenvalue weighted by Crippen LogP contribution is 2.53. The zero-order chi connectivity index (χ0) is 28.6. The Kier molecular flexibility index (Phi) is 5.17. The average Bonchev–Trinajstić information content (AvgIpc) is 3.24. The Labute approximate surface area is 244 Å². The summed E-state index contributed by atoms with van der Waals surface area (Å²) in [6, 6.07) is 41.2. The minimum absolute atomic E-state index is 0.206. The molecular formula is C39H27NO2. The van der Waals surface area contributed by atoms with Crippen LogP contribution in [0.3, 0.4) is 0 Å². The molecule has 0 saturated heterocycles. The summed E-state index contributed by atoms with van der Waals surface area (Å²) >= 11 is 0. The van der Waals surface area contributed by atoms with E-state index in [9.17, 15) is 9.59 Å². The van der Waals surface area contributed by atoms with Crippen molar-refractivity contribution in [1.29, 1.82) is 0 Å². The maximum Gasteiger partial charge on any atom is 0.197 e. The monoisotopic (exact) mass is 541 g/mol. The van der Waals surface area contributed by atoms with E-state index >= 15 is 0 Å². The molecule has 0 fully saturated rings. The number of fused-ring (bicyclic) bond motifs is 6. The van der Waals surface area contributed by atoms with Gasteiger partial charge in [-0.2, -0.15) is 0 Å². The number of anilines is 3. The number of benzene rings is 6. The zero-order valence-corrected chi connectivity index (χ0v) is 23.4. The SMILES string of the molecule is CC1(C)c2ccccc2N(c2ccccc2)c2ccc3cc(C=C4C(=O)c5cc6ccccc6cc5C4=O)ccc3c21. The molecule has 1 aliphatic heterocycles. The summed E-state index contributed by atoms with van der Waals surface area (Å²) in [6.07, 6.45) is 1.75. The molecule has 3 nitrogen and oxygen atoms in total. The lowest BCUT2D eigenvalue weighted by Gasteiger charge is -2.42. The van der Waals surface area contributed by atoms with Gasteiger partial charge >= 0.3 is 0 Å². The van der Waals surface area contributed by atoms with Gasteiger partial charge in [-0.1, -0.05) is 92.7 Å². The number of para-hydroxylation sites is 2. The molecule has 0 amide bonds. The molecule has 0 unspecified atom stereocenters. The third-order valence-electron chi connectivity index (χ3n) is 8.90. The maximum atomic E-state index is 13.4. The second-order valence-electron chi connectivity index (χ2n) is 11.7. The lowest BCUT2D eigenvalue weighted by atomic mass is 9.71. The standard InChI is InChI=1S/C39H27NO2/c1-39(2)33-14-8-9-15-34(33)40(28-12-4-3-5-13-28)35-19-17-27-20-24(16-18-29(27)36(35)39)21-32-37(41)30-22-25-10-6-7-11-26(25)23-31(30)38(32)42/h3-23H,1-2H3. The van der Waals surface area contributed by atoms with Gasteiger partial charge < -0.3 is 4.90 Å². The molecule has 200 valence electrons. The van der Waals surface area contributed by atoms with Crippen molar-refractivity contribution in [3.05, 3.63) is 155 Å². The predicted molar refractivity (Wildman–Crippen MR) is 171 cm³/mol. The summed E-state index contributed by atoms with van der Waals surface area (Å²) in [6.45, 7) is 4.58. The molecule has 1 aliphatic carbocycles. The molecule has 0 atom stereocenters. The van der Waals surface area contributed by atoms with Crippen molar-refractivity contribution in [3.8, 4) is 0 Å². The van der Waals surface area contributed by atoms with Crippen LogP contribution in [-0.4, -0.2) is 11.6 Å². The second-order valence-corrected chi connectivity index (χ2v) is 11.7. The van der Waals surface area contributed by atoms with E-state index < -0.39 is 0 Å². The van der Waals surface area contributed by atoms with Crippen molar-refractivity contribution in [1.82, 2.24) is 0 Å². The van der Waals surface area contributed by atoms with E-state index in [0.29, 0.717) is 11.1 Å². The van der Waals surface area contributed by atoms with E-state index in [1.54, 1.807) is 6.08 Å². The lowest BCUT2D eigenvalue weighted by Crippen LogP contribution is -2.30. The van der Waals surface area contributed by atoms with E-state index in [1.807, 2.05) is 48.5 Å². The fourth-order valence-corrected chi connectivity index (χ4v) is 6.89. The van der Waals surface area contributed by atoms with Gasteiger partial charge in [-0.05, 0) is 86.8 Å². The van der Waals surface area contributed by atoms with Crippen LogP contribution >= 0.6 is 0 Å². The molecular weight excluding hydrogens is 514 g/mol. The first-order valence-electron chi connectivity index (χ1n) is 14.3. The summed E-state index contributed by atoms with van der Waals surface area (Å²) < 4.78 is 0. The van der Waals surface area contributed by atoms with Gasteiger partial charge in [0.15, 0.2) is 11.6 Å². The van der Waals surface area contributed by atoms with E-state index in [0.717, 1.165) is 38.5 Å². The summed E-state index contributed by atoms with van der Waals surface area (Å²) in [5.74, 6) is -0.412. The molecule has 0 radical (unpaired) electrons. The lowest BCUT2D eigenvalue weighted by molar-refractivity contribution is 0.0990. The highest BCUT2D eigenvalue weighted by molar-refractivity contribution is 6.42. The van der Waals surface area contributed by atoms with Gasteiger partial charge in [0.25, 0.3) is 0 Å². The van der Waals surface area contributed by atoms with Gasteiger partial charge in [0.2, 0.25) is 0 Å². The molecule has 0 N–H and O–H groups in total. The number of hydrogen-bond donors (Lipinski definition) is 0. The van der Waals surface area contributed by atoms with E-state index in [-0.39, 0.29) is 22.6 Å². The number of Topliss-reactive ketones (excluding diaryl/α,β-unsaturated/α-hetero) is 2. The van der Waals surface area contributed by atoms with Gasteiger partial charge in [0.05, 0.1) is 16.9 Å². The van der Waals surface area contributed by atoms with E-state index in [4.69, 9.17) is 0 Å². The van der Waals surface area contributed by atoms with E-state index in [2.05, 4.69) is 91.5 Å². The zero-order valence-electron chi connectivity index (χ0n) is 23.4. The van der Waals surface area contributed by atoms with Gasteiger partial charge in [-0.25, -0.2) is 0 Å². The molecule has 0 saturated carbocycles. The molecule has 3 heteroatoms. The molecule has 1 heterocycles. The predicted octanol–water partition coefficient (Wildman–Crippen LogP) is 9.56. The summed E-state index contributed by atoms with van der Waals surface area (Å²) in [4.78, 5) is 29.1. The fraction of sp³-hybridized carbons (Fsp3) is 0.0769. The number of allylic oxidation sites excluding steroid dienone is 1. The van der Waals surface area contributed by atoms with Crippen LogP contribution in [0.4, 0.5) is 17.1 Å². The molecule has 6 aromatic rings. The molecule has 42 heavy (non-hydrogen) atoms. The Bertz CT molecular complexity index is 2100. The molecule has 0 bridgehead atoms.